The van der Waals surface area contributed by atoms with Gasteiger partial charge in [0.05, 0.1) is 0 Å². The lowest BCUT2D eigenvalue weighted by atomic mass is 10.1. The summed E-state index contributed by atoms with van der Waals surface area (Å²) in [5.41, 5.74) is 4.69. The van der Waals surface area contributed by atoms with E-state index in [4.69, 9.17) is 0 Å². The normalized spacial score (nSPS) is 17.7. The van der Waals surface area contributed by atoms with Gasteiger partial charge in [-0.2, -0.15) is 0 Å². The quantitative estimate of drug-likeness (QED) is 0.902. The molecule has 1 amide bonds. The zero-order valence-corrected chi connectivity index (χ0v) is 12.3. The third-order valence-corrected chi connectivity index (χ3v) is 3.70. The molecule has 0 aromatic heterocycles. The van der Waals surface area contributed by atoms with Crippen molar-refractivity contribution in [2.45, 2.75) is 6.92 Å². The number of amides is 1. The Balaban J connectivity index is 2.01. The first-order valence-electron chi connectivity index (χ1n) is 6.07. The van der Waals surface area contributed by atoms with Crippen molar-refractivity contribution in [2.75, 3.05) is 33.2 Å². The van der Waals surface area contributed by atoms with E-state index in [2.05, 4.69) is 33.3 Å². The van der Waals surface area contributed by atoms with Crippen LogP contribution in [0.4, 0.5) is 0 Å². The molecule has 0 atom stereocenters. The van der Waals surface area contributed by atoms with Crippen molar-refractivity contribution < 1.29 is 4.79 Å². The van der Waals surface area contributed by atoms with Crippen LogP contribution in [0.2, 0.25) is 0 Å². The summed E-state index contributed by atoms with van der Waals surface area (Å²) in [4.78, 5) is 14.4. The monoisotopic (exact) mass is 311 g/mol. The first kappa shape index (κ1) is 13.5. The minimum absolute atomic E-state index is 0.0293. The molecule has 18 heavy (non-hydrogen) atoms. The topological polar surface area (TPSA) is 35.6 Å². The Labute approximate surface area is 116 Å². The van der Waals surface area contributed by atoms with E-state index >= 15 is 0 Å². The molecular formula is C13H18BrN3O. The molecule has 1 N–H and O–H groups in total. The maximum absolute atomic E-state index is 12.2. The van der Waals surface area contributed by atoms with Gasteiger partial charge in [-0.05, 0) is 31.7 Å². The van der Waals surface area contributed by atoms with Crippen molar-refractivity contribution >= 4 is 21.8 Å². The van der Waals surface area contributed by atoms with Gasteiger partial charge in [0.2, 0.25) is 0 Å². The second kappa shape index (κ2) is 5.82. The Hall–Kier alpha value is -0.910. The molecule has 1 aliphatic rings. The van der Waals surface area contributed by atoms with Crippen LogP contribution in [0.15, 0.2) is 22.7 Å². The minimum Gasteiger partial charge on any atom is -0.304 e. The maximum Gasteiger partial charge on any atom is 0.265 e. The van der Waals surface area contributed by atoms with Gasteiger partial charge in [0.1, 0.15) is 0 Å². The fraction of sp³-hybridized carbons (Fsp3) is 0.462. The molecule has 1 aromatic carbocycles. The summed E-state index contributed by atoms with van der Waals surface area (Å²) in [6, 6.07) is 5.76. The van der Waals surface area contributed by atoms with E-state index in [1.807, 2.05) is 30.1 Å². The Kier molecular flexibility index (Phi) is 4.37. The van der Waals surface area contributed by atoms with Crippen LogP contribution in [0, 0.1) is 6.92 Å². The van der Waals surface area contributed by atoms with Gasteiger partial charge in [-0.3, -0.25) is 10.2 Å². The molecular weight excluding hydrogens is 294 g/mol. The molecule has 0 radical (unpaired) electrons. The van der Waals surface area contributed by atoms with E-state index in [9.17, 15) is 4.79 Å². The van der Waals surface area contributed by atoms with Crippen LogP contribution in [0.5, 0.6) is 0 Å². The molecule has 5 heteroatoms. The number of hydrogen-bond acceptors (Lipinski definition) is 3. The number of nitrogens with one attached hydrogen (secondary N) is 1. The molecule has 0 bridgehead atoms. The minimum atomic E-state index is -0.0293. The molecule has 98 valence electrons. The Morgan fingerprint density at radius 3 is 2.61 bits per heavy atom. The smallest absolute Gasteiger partial charge is 0.265 e. The van der Waals surface area contributed by atoms with Crippen LogP contribution in [0.3, 0.4) is 0 Å². The fourth-order valence-electron chi connectivity index (χ4n) is 1.96. The number of carbonyl (C=O) groups is 1. The second-order valence-corrected chi connectivity index (χ2v) is 5.61. The summed E-state index contributed by atoms with van der Waals surface area (Å²) in [6.45, 7) is 5.66. The Bertz CT molecular complexity index is 442. The summed E-state index contributed by atoms with van der Waals surface area (Å²) >= 11 is 3.40. The predicted octanol–water partition coefficient (Wildman–Crippen LogP) is 1.65. The van der Waals surface area contributed by atoms with Crippen molar-refractivity contribution in [2.24, 2.45) is 0 Å². The van der Waals surface area contributed by atoms with E-state index in [1.165, 1.54) is 0 Å². The van der Waals surface area contributed by atoms with Crippen molar-refractivity contribution in [3.8, 4) is 0 Å². The number of rotatable bonds is 2. The average molecular weight is 312 g/mol. The van der Waals surface area contributed by atoms with Crippen LogP contribution < -0.4 is 5.43 Å². The van der Waals surface area contributed by atoms with Crippen LogP contribution in [0.1, 0.15) is 15.9 Å². The standard InChI is InChI=1S/C13H18BrN3O/c1-10-3-4-11(14)9-12(10)13(18)15-17-7-5-16(2)6-8-17/h3-4,9H,5-8H2,1-2H3,(H,15,18). The molecule has 4 nitrogen and oxygen atoms in total. The van der Waals surface area contributed by atoms with E-state index in [0.717, 1.165) is 41.8 Å². The van der Waals surface area contributed by atoms with Gasteiger partial charge in [0.15, 0.2) is 0 Å². The zero-order valence-electron chi connectivity index (χ0n) is 10.7. The lowest BCUT2D eigenvalue weighted by Gasteiger charge is -2.32. The van der Waals surface area contributed by atoms with Gasteiger partial charge < -0.3 is 4.90 Å². The average Bonchev–Trinajstić information content (AvgIpc) is 2.35. The maximum atomic E-state index is 12.2. The molecule has 0 unspecified atom stereocenters. The number of carbonyl (C=O) groups excluding carboxylic acids is 1. The number of hydrazine groups is 1. The third kappa shape index (κ3) is 3.31. The summed E-state index contributed by atoms with van der Waals surface area (Å²) in [6.07, 6.45) is 0. The summed E-state index contributed by atoms with van der Waals surface area (Å²) in [5, 5.41) is 1.99. The number of nitrogens with zero attached hydrogens (tertiary/aromatic N) is 2. The number of halogens is 1. The van der Waals surface area contributed by atoms with Crippen LogP contribution in [-0.4, -0.2) is 49.0 Å². The molecule has 0 aliphatic carbocycles. The largest absolute Gasteiger partial charge is 0.304 e. The second-order valence-electron chi connectivity index (χ2n) is 4.69. The number of likely N-dealkylation sites (N-methyl/N-ethyl adjacent to an activating group) is 1. The van der Waals surface area contributed by atoms with Crippen molar-refractivity contribution in [3.63, 3.8) is 0 Å². The van der Waals surface area contributed by atoms with E-state index in [0.29, 0.717) is 0 Å². The highest BCUT2D eigenvalue weighted by Gasteiger charge is 2.17. The summed E-state index contributed by atoms with van der Waals surface area (Å²) < 4.78 is 0.927. The van der Waals surface area contributed by atoms with Crippen molar-refractivity contribution in [3.05, 3.63) is 33.8 Å². The predicted molar refractivity (Wildman–Crippen MR) is 75.4 cm³/mol. The molecule has 1 saturated heterocycles. The number of benzene rings is 1. The highest BCUT2D eigenvalue weighted by atomic mass is 79.9. The lowest BCUT2D eigenvalue weighted by Crippen LogP contribution is -2.52. The van der Waals surface area contributed by atoms with E-state index in [1.54, 1.807) is 0 Å². The van der Waals surface area contributed by atoms with Crippen LogP contribution in [-0.2, 0) is 0 Å². The lowest BCUT2D eigenvalue weighted by molar-refractivity contribution is 0.0662. The third-order valence-electron chi connectivity index (χ3n) is 3.21. The van der Waals surface area contributed by atoms with Gasteiger partial charge >= 0.3 is 0 Å². The highest BCUT2D eigenvalue weighted by Crippen LogP contribution is 2.16. The van der Waals surface area contributed by atoms with Crippen LogP contribution in [0.25, 0.3) is 0 Å². The van der Waals surface area contributed by atoms with Crippen molar-refractivity contribution in [1.82, 2.24) is 15.3 Å². The van der Waals surface area contributed by atoms with Crippen LogP contribution >= 0.6 is 15.9 Å². The van der Waals surface area contributed by atoms with Crippen molar-refractivity contribution in [1.29, 1.82) is 0 Å². The highest BCUT2D eigenvalue weighted by molar-refractivity contribution is 9.10. The summed E-state index contributed by atoms with van der Waals surface area (Å²) in [7, 11) is 2.09. The molecule has 2 rings (SSSR count). The first-order valence-corrected chi connectivity index (χ1v) is 6.86. The van der Waals surface area contributed by atoms with E-state index < -0.39 is 0 Å². The first-order chi connectivity index (χ1) is 8.56. The van der Waals surface area contributed by atoms with E-state index in [-0.39, 0.29) is 5.91 Å². The van der Waals surface area contributed by atoms with Gasteiger partial charge in [0.25, 0.3) is 5.91 Å². The summed E-state index contributed by atoms with van der Waals surface area (Å²) in [5.74, 6) is -0.0293. The molecule has 1 aliphatic heterocycles. The number of aryl methyl sites for hydroxylation is 1. The molecule has 1 heterocycles. The SMILES string of the molecule is Cc1ccc(Br)cc1C(=O)NN1CCN(C)CC1. The molecule has 1 aromatic rings. The van der Waals surface area contributed by atoms with Gasteiger partial charge in [-0.25, -0.2) is 5.01 Å². The Morgan fingerprint density at radius 1 is 1.28 bits per heavy atom. The molecule has 0 spiro atoms. The fourth-order valence-corrected chi connectivity index (χ4v) is 2.32. The Morgan fingerprint density at radius 2 is 1.94 bits per heavy atom. The number of hydrogen-bond donors (Lipinski definition) is 1. The number of piperazine rings is 1. The van der Waals surface area contributed by atoms with Gasteiger partial charge in [0, 0.05) is 36.2 Å². The van der Waals surface area contributed by atoms with Gasteiger partial charge in [-0.15, -0.1) is 0 Å². The van der Waals surface area contributed by atoms with Gasteiger partial charge in [-0.1, -0.05) is 22.0 Å². The molecule has 0 saturated carbocycles. The zero-order chi connectivity index (χ0) is 13.1. The molecule has 1 fully saturated rings.